The smallest absolute Gasteiger partial charge is 0.317 e. The molecule has 1 unspecified atom stereocenters. The van der Waals surface area contributed by atoms with Gasteiger partial charge in [-0.3, -0.25) is 0 Å². The van der Waals surface area contributed by atoms with Crippen LogP contribution in [0.15, 0.2) is 42.9 Å². The van der Waals surface area contributed by atoms with Crippen LogP contribution in [0.5, 0.6) is 0 Å². The highest BCUT2D eigenvalue weighted by Gasteiger charge is 2.22. The summed E-state index contributed by atoms with van der Waals surface area (Å²) in [6.07, 6.45) is 3.61. The quantitative estimate of drug-likeness (QED) is 0.745. The number of rotatable bonds is 5. The minimum atomic E-state index is -0.128. The number of nitrogens with zero attached hydrogens (tertiary/aromatic N) is 4. The van der Waals surface area contributed by atoms with E-state index in [0.29, 0.717) is 6.54 Å². The van der Waals surface area contributed by atoms with Gasteiger partial charge in [0.1, 0.15) is 5.01 Å². The van der Waals surface area contributed by atoms with Crippen molar-refractivity contribution >= 4 is 17.4 Å². The maximum Gasteiger partial charge on any atom is 0.317 e. The molecule has 0 saturated heterocycles. The van der Waals surface area contributed by atoms with Crippen molar-refractivity contribution in [2.45, 2.75) is 26.4 Å². The number of carbonyl (C=O) groups is 1. The maximum atomic E-state index is 12.5. The Bertz CT molecular complexity index is 886. The first-order chi connectivity index (χ1) is 12.5. The second-order valence-corrected chi connectivity index (χ2v) is 7.34. The van der Waals surface area contributed by atoms with E-state index in [0.717, 1.165) is 26.8 Å². The molecule has 0 fully saturated rings. The number of amides is 2. The highest BCUT2D eigenvalue weighted by molar-refractivity contribution is 7.15. The zero-order valence-electron chi connectivity index (χ0n) is 15.4. The summed E-state index contributed by atoms with van der Waals surface area (Å²) in [7, 11) is 3.71. The Labute approximate surface area is 157 Å². The van der Waals surface area contributed by atoms with E-state index >= 15 is 0 Å². The molecule has 136 valence electrons. The molecule has 0 aliphatic rings. The van der Waals surface area contributed by atoms with Crippen LogP contribution in [-0.2, 0) is 13.6 Å². The Morgan fingerprint density at radius 2 is 2.08 bits per heavy atom. The van der Waals surface area contributed by atoms with E-state index in [-0.39, 0.29) is 12.1 Å². The second kappa shape index (κ2) is 7.70. The predicted octanol–water partition coefficient (Wildman–Crippen LogP) is 3.75. The minimum absolute atomic E-state index is 0.0614. The van der Waals surface area contributed by atoms with Crippen molar-refractivity contribution in [1.29, 1.82) is 0 Å². The summed E-state index contributed by atoms with van der Waals surface area (Å²) < 4.78 is 1.86. The average molecular weight is 369 g/mol. The molecule has 26 heavy (non-hydrogen) atoms. The lowest BCUT2D eigenvalue weighted by Gasteiger charge is -2.24. The molecule has 1 N–H and O–H groups in total. The van der Waals surface area contributed by atoms with E-state index in [4.69, 9.17) is 0 Å². The normalized spacial score (nSPS) is 12.0. The molecular weight excluding hydrogens is 346 g/mol. The number of benzene rings is 1. The minimum Gasteiger partial charge on any atom is -0.340 e. The van der Waals surface area contributed by atoms with Crippen molar-refractivity contribution in [3.63, 3.8) is 0 Å². The lowest BCUT2D eigenvalue weighted by atomic mass is 10.2. The van der Waals surface area contributed by atoms with Gasteiger partial charge in [0.2, 0.25) is 0 Å². The van der Waals surface area contributed by atoms with Gasteiger partial charge in [-0.1, -0.05) is 30.3 Å². The number of aromatic nitrogens is 3. The molecule has 2 heterocycles. The van der Waals surface area contributed by atoms with Gasteiger partial charge < -0.3 is 14.8 Å². The van der Waals surface area contributed by atoms with E-state index in [1.807, 2.05) is 49.9 Å². The number of imidazole rings is 1. The van der Waals surface area contributed by atoms with Crippen LogP contribution >= 0.6 is 11.3 Å². The number of urea groups is 1. The Hall–Kier alpha value is -2.67. The molecule has 0 spiro atoms. The molecule has 0 radical (unpaired) electrons. The van der Waals surface area contributed by atoms with E-state index in [1.165, 1.54) is 0 Å². The zero-order valence-corrected chi connectivity index (χ0v) is 16.2. The van der Waals surface area contributed by atoms with Gasteiger partial charge in [-0.25, -0.2) is 14.8 Å². The summed E-state index contributed by atoms with van der Waals surface area (Å²) in [6.45, 7) is 4.43. The lowest BCUT2D eigenvalue weighted by Crippen LogP contribution is -2.38. The van der Waals surface area contributed by atoms with Crippen molar-refractivity contribution in [3.8, 4) is 10.6 Å². The third kappa shape index (κ3) is 3.94. The number of carbonyl (C=O) groups excluding carboxylic acids is 1. The number of nitrogens with one attached hydrogen (secondary N) is 1. The number of thiazole rings is 1. The van der Waals surface area contributed by atoms with E-state index in [9.17, 15) is 4.79 Å². The molecule has 1 aromatic carbocycles. The van der Waals surface area contributed by atoms with Crippen molar-refractivity contribution in [2.75, 3.05) is 7.05 Å². The average Bonchev–Trinajstić information content (AvgIpc) is 3.24. The van der Waals surface area contributed by atoms with Gasteiger partial charge in [0.15, 0.2) is 0 Å². The fourth-order valence-electron chi connectivity index (χ4n) is 2.70. The zero-order chi connectivity index (χ0) is 18.7. The molecule has 7 heteroatoms. The van der Waals surface area contributed by atoms with Crippen LogP contribution in [0.4, 0.5) is 4.79 Å². The van der Waals surface area contributed by atoms with Crippen LogP contribution in [0, 0.1) is 6.92 Å². The predicted molar refractivity (Wildman–Crippen MR) is 104 cm³/mol. The lowest BCUT2D eigenvalue weighted by molar-refractivity contribution is 0.194. The summed E-state index contributed by atoms with van der Waals surface area (Å²) in [4.78, 5) is 24.2. The molecule has 3 aromatic rings. The molecule has 0 aliphatic heterocycles. The van der Waals surface area contributed by atoms with E-state index in [2.05, 4.69) is 27.4 Å². The summed E-state index contributed by atoms with van der Waals surface area (Å²) in [5, 5.41) is 3.89. The first-order valence-electron chi connectivity index (χ1n) is 8.46. The fourth-order valence-corrected chi connectivity index (χ4v) is 3.87. The van der Waals surface area contributed by atoms with Crippen molar-refractivity contribution in [2.24, 2.45) is 7.05 Å². The highest BCUT2D eigenvalue weighted by atomic mass is 32.1. The highest BCUT2D eigenvalue weighted by Crippen LogP contribution is 2.33. The molecule has 6 nitrogen and oxygen atoms in total. The number of aryl methyl sites for hydroxylation is 2. The van der Waals surface area contributed by atoms with Crippen molar-refractivity contribution in [1.82, 2.24) is 24.8 Å². The van der Waals surface area contributed by atoms with E-state index in [1.54, 1.807) is 29.6 Å². The van der Waals surface area contributed by atoms with Gasteiger partial charge in [-0.2, -0.15) is 0 Å². The summed E-state index contributed by atoms with van der Waals surface area (Å²) in [5.74, 6) is 0. The standard InChI is InChI=1S/C19H23N5OS/c1-13-17(26-18(22-13)15-8-6-5-7-9-15)14(2)24(4)19(25)20-10-16-11-23(3)12-21-16/h5-9,11-12,14H,10H2,1-4H3,(H,20,25). The third-order valence-electron chi connectivity index (χ3n) is 4.31. The molecule has 0 aliphatic carbocycles. The van der Waals surface area contributed by atoms with Gasteiger partial charge >= 0.3 is 6.03 Å². The topological polar surface area (TPSA) is 63.1 Å². The number of hydrogen-bond donors (Lipinski definition) is 1. The van der Waals surface area contributed by atoms with Gasteiger partial charge in [-0.05, 0) is 13.8 Å². The van der Waals surface area contributed by atoms with Crippen LogP contribution in [0.25, 0.3) is 10.6 Å². The fraction of sp³-hybridized carbons (Fsp3) is 0.316. The summed E-state index contributed by atoms with van der Waals surface area (Å²) >= 11 is 1.64. The monoisotopic (exact) mass is 369 g/mol. The Kier molecular flexibility index (Phi) is 5.37. The molecule has 3 rings (SSSR count). The van der Waals surface area contributed by atoms with E-state index < -0.39 is 0 Å². The van der Waals surface area contributed by atoms with Gasteiger partial charge in [0, 0.05) is 25.9 Å². The van der Waals surface area contributed by atoms with Crippen LogP contribution in [-0.4, -0.2) is 32.5 Å². The summed E-state index contributed by atoms with van der Waals surface area (Å²) in [5.41, 5.74) is 2.90. The van der Waals surface area contributed by atoms with Gasteiger partial charge in [-0.15, -0.1) is 11.3 Å². The van der Waals surface area contributed by atoms with Crippen LogP contribution < -0.4 is 5.32 Å². The molecule has 0 bridgehead atoms. The Morgan fingerprint density at radius 1 is 1.35 bits per heavy atom. The molecule has 2 amide bonds. The second-order valence-electron chi connectivity index (χ2n) is 6.31. The number of hydrogen-bond acceptors (Lipinski definition) is 4. The van der Waals surface area contributed by atoms with Crippen LogP contribution in [0.3, 0.4) is 0 Å². The van der Waals surface area contributed by atoms with Crippen LogP contribution in [0.2, 0.25) is 0 Å². The first-order valence-corrected chi connectivity index (χ1v) is 9.27. The van der Waals surface area contributed by atoms with Gasteiger partial charge in [0.25, 0.3) is 0 Å². The molecule has 0 saturated carbocycles. The van der Waals surface area contributed by atoms with Crippen molar-refractivity contribution < 1.29 is 4.79 Å². The summed E-state index contributed by atoms with van der Waals surface area (Å²) in [6, 6.07) is 9.92. The Balaban J connectivity index is 1.68. The first kappa shape index (κ1) is 18.1. The third-order valence-corrected chi connectivity index (χ3v) is 5.69. The SMILES string of the molecule is Cc1nc(-c2ccccc2)sc1C(C)N(C)C(=O)NCc1cn(C)cn1. The largest absolute Gasteiger partial charge is 0.340 e. The molecular formula is C19H23N5OS. The Morgan fingerprint density at radius 3 is 2.73 bits per heavy atom. The van der Waals surface area contributed by atoms with Gasteiger partial charge in [0.05, 0.1) is 35.2 Å². The van der Waals surface area contributed by atoms with Crippen LogP contribution in [0.1, 0.15) is 29.2 Å². The maximum absolute atomic E-state index is 12.5. The molecule has 2 aromatic heterocycles. The van der Waals surface area contributed by atoms with Crippen molar-refractivity contribution in [3.05, 3.63) is 59.1 Å². The molecule has 1 atom stereocenters.